The van der Waals surface area contributed by atoms with Crippen LogP contribution in [0.4, 0.5) is 0 Å². The highest BCUT2D eigenvalue weighted by atomic mass is 35.5. The summed E-state index contributed by atoms with van der Waals surface area (Å²) in [5.74, 6) is 0. The molecule has 0 amide bonds. The highest BCUT2D eigenvalue weighted by Crippen LogP contribution is 2.29. The van der Waals surface area contributed by atoms with Crippen molar-refractivity contribution in [1.29, 1.82) is 0 Å². The fraction of sp³-hybridized carbons (Fsp3) is 0. The van der Waals surface area contributed by atoms with Crippen LogP contribution in [0.5, 0.6) is 0 Å². The summed E-state index contributed by atoms with van der Waals surface area (Å²) >= 11 is 6.05. The highest BCUT2D eigenvalue weighted by Gasteiger charge is 2.09. The molecule has 0 atom stereocenters. The van der Waals surface area contributed by atoms with E-state index in [1.807, 2.05) is 42.6 Å². The molecule has 0 radical (unpaired) electrons. The van der Waals surface area contributed by atoms with E-state index in [4.69, 9.17) is 11.6 Å². The second-order valence-corrected chi connectivity index (χ2v) is 5.70. The number of fused-ring (bicyclic) bond motifs is 1. The molecule has 0 bridgehead atoms. The van der Waals surface area contributed by atoms with Gasteiger partial charge < -0.3 is 9.97 Å². The first kappa shape index (κ1) is 13.8. The minimum atomic E-state index is -0.157. The summed E-state index contributed by atoms with van der Waals surface area (Å²) in [5, 5.41) is 1.61. The predicted octanol–water partition coefficient (Wildman–Crippen LogP) is 4.24. The van der Waals surface area contributed by atoms with Crippen LogP contribution in [0, 0.1) is 0 Å². The fourth-order valence-electron chi connectivity index (χ4n) is 2.71. The van der Waals surface area contributed by atoms with Crippen molar-refractivity contribution < 1.29 is 0 Å². The Bertz CT molecular complexity index is 1070. The molecule has 5 heteroatoms. The molecule has 3 aromatic heterocycles. The monoisotopic (exact) mass is 321 g/mol. The Hall–Kier alpha value is -2.85. The van der Waals surface area contributed by atoms with Crippen molar-refractivity contribution in [2.24, 2.45) is 0 Å². The molecule has 0 fully saturated rings. The summed E-state index contributed by atoms with van der Waals surface area (Å²) in [6.45, 7) is 0. The van der Waals surface area contributed by atoms with Crippen LogP contribution in [-0.4, -0.2) is 15.0 Å². The van der Waals surface area contributed by atoms with Crippen LogP contribution in [0.3, 0.4) is 0 Å². The molecule has 0 saturated carbocycles. The lowest BCUT2D eigenvalue weighted by atomic mass is 10.0. The molecular weight excluding hydrogens is 310 g/mol. The van der Waals surface area contributed by atoms with Crippen LogP contribution in [0.15, 0.2) is 65.7 Å². The van der Waals surface area contributed by atoms with E-state index in [1.165, 1.54) is 0 Å². The summed E-state index contributed by atoms with van der Waals surface area (Å²) in [6, 6.07) is 14.8. The average molecular weight is 322 g/mol. The van der Waals surface area contributed by atoms with Gasteiger partial charge in [0.05, 0.1) is 0 Å². The zero-order valence-corrected chi connectivity index (χ0v) is 12.8. The third kappa shape index (κ3) is 2.53. The largest absolute Gasteiger partial charge is 0.346 e. The Morgan fingerprint density at radius 3 is 2.78 bits per heavy atom. The van der Waals surface area contributed by atoms with Crippen molar-refractivity contribution in [2.75, 3.05) is 0 Å². The lowest BCUT2D eigenvalue weighted by Gasteiger charge is -2.05. The molecule has 0 spiro atoms. The quantitative estimate of drug-likeness (QED) is 0.580. The Labute approximate surface area is 136 Å². The van der Waals surface area contributed by atoms with Gasteiger partial charge in [-0.15, -0.1) is 0 Å². The van der Waals surface area contributed by atoms with E-state index in [-0.39, 0.29) is 5.56 Å². The first-order valence-electron chi connectivity index (χ1n) is 7.13. The second kappa shape index (κ2) is 5.41. The molecule has 0 aliphatic heterocycles. The molecule has 23 heavy (non-hydrogen) atoms. The summed E-state index contributed by atoms with van der Waals surface area (Å²) in [7, 11) is 0. The lowest BCUT2D eigenvalue weighted by molar-refractivity contribution is 1.24. The molecule has 0 aliphatic rings. The van der Waals surface area contributed by atoms with Gasteiger partial charge in [0.25, 0.3) is 0 Å². The number of aromatic amines is 2. The maximum absolute atomic E-state index is 12.1. The van der Waals surface area contributed by atoms with Crippen LogP contribution >= 0.6 is 11.6 Å². The minimum absolute atomic E-state index is 0.157. The third-order valence-corrected chi connectivity index (χ3v) is 3.98. The van der Waals surface area contributed by atoms with Gasteiger partial charge in [-0.1, -0.05) is 23.7 Å². The molecule has 4 aromatic rings. The standard InChI is InChI=1S/C18H12ClN3O/c19-13-4-1-3-11(7-13)16-8-12(9-17(23)22-16)15-10-21-18-14(15)5-2-6-20-18/h1-10H,(H,20,21)(H,22,23). The fourth-order valence-corrected chi connectivity index (χ4v) is 2.90. The first-order chi connectivity index (χ1) is 11.2. The van der Waals surface area contributed by atoms with Crippen molar-refractivity contribution in [3.8, 4) is 22.4 Å². The van der Waals surface area contributed by atoms with Crippen LogP contribution < -0.4 is 5.56 Å². The Morgan fingerprint density at radius 1 is 1.00 bits per heavy atom. The molecule has 4 nitrogen and oxygen atoms in total. The van der Waals surface area contributed by atoms with E-state index in [0.717, 1.165) is 33.4 Å². The highest BCUT2D eigenvalue weighted by molar-refractivity contribution is 6.30. The number of hydrogen-bond acceptors (Lipinski definition) is 2. The Kier molecular flexibility index (Phi) is 3.24. The number of H-pyrrole nitrogens is 2. The molecule has 0 unspecified atom stereocenters. The van der Waals surface area contributed by atoms with Crippen LogP contribution in [0.25, 0.3) is 33.4 Å². The Balaban J connectivity index is 1.92. The van der Waals surface area contributed by atoms with Gasteiger partial charge in [-0.05, 0) is 41.5 Å². The van der Waals surface area contributed by atoms with Crippen molar-refractivity contribution in [3.05, 3.63) is 76.3 Å². The molecule has 1 aromatic carbocycles. The molecular formula is C18H12ClN3O. The second-order valence-electron chi connectivity index (χ2n) is 5.26. The van der Waals surface area contributed by atoms with E-state index in [0.29, 0.717) is 5.02 Å². The zero-order chi connectivity index (χ0) is 15.8. The molecule has 0 aliphatic carbocycles. The maximum atomic E-state index is 12.1. The molecule has 0 saturated heterocycles. The van der Waals surface area contributed by atoms with Crippen molar-refractivity contribution in [1.82, 2.24) is 15.0 Å². The smallest absolute Gasteiger partial charge is 0.249 e. The number of nitrogens with zero attached hydrogens (tertiary/aromatic N) is 1. The van der Waals surface area contributed by atoms with E-state index in [1.54, 1.807) is 18.3 Å². The van der Waals surface area contributed by atoms with Gasteiger partial charge in [0.2, 0.25) is 5.56 Å². The van der Waals surface area contributed by atoms with E-state index in [9.17, 15) is 4.79 Å². The number of aromatic nitrogens is 3. The number of rotatable bonds is 2. The van der Waals surface area contributed by atoms with Gasteiger partial charge in [-0.3, -0.25) is 4.79 Å². The van der Waals surface area contributed by atoms with Gasteiger partial charge in [0, 0.05) is 40.1 Å². The normalized spacial score (nSPS) is 11.0. The number of halogens is 1. The van der Waals surface area contributed by atoms with Gasteiger partial charge in [0.15, 0.2) is 0 Å². The van der Waals surface area contributed by atoms with Crippen LogP contribution in [-0.2, 0) is 0 Å². The maximum Gasteiger partial charge on any atom is 0.249 e. The lowest BCUT2D eigenvalue weighted by Crippen LogP contribution is -2.05. The summed E-state index contributed by atoms with van der Waals surface area (Å²) in [4.78, 5) is 22.4. The molecule has 3 heterocycles. The van der Waals surface area contributed by atoms with E-state index >= 15 is 0 Å². The third-order valence-electron chi connectivity index (χ3n) is 3.74. The molecule has 4 rings (SSSR count). The average Bonchev–Trinajstić information content (AvgIpc) is 2.98. The van der Waals surface area contributed by atoms with Gasteiger partial charge in [0.1, 0.15) is 5.65 Å². The number of hydrogen-bond donors (Lipinski definition) is 2. The van der Waals surface area contributed by atoms with Gasteiger partial charge in [-0.25, -0.2) is 4.98 Å². The minimum Gasteiger partial charge on any atom is -0.346 e. The topological polar surface area (TPSA) is 61.5 Å². The van der Waals surface area contributed by atoms with E-state index in [2.05, 4.69) is 15.0 Å². The van der Waals surface area contributed by atoms with Crippen molar-refractivity contribution in [2.45, 2.75) is 0 Å². The summed E-state index contributed by atoms with van der Waals surface area (Å²) in [6.07, 6.45) is 3.60. The van der Waals surface area contributed by atoms with Crippen molar-refractivity contribution in [3.63, 3.8) is 0 Å². The predicted molar refractivity (Wildman–Crippen MR) is 92.6 cm³/mol. The molecule has 2 N–H and O–H groups in total. The van der Waals surface area contributed by atoms with Crippen molar-refractivity contribution >= 4 is 22.6 Å². The summed E-state index contributed by atoms with van der Waals surface area (Å²) < 4.78 is 0. The summed E-state index contributed by atoms with van der Waals surface area (Å²) in [5.41, 5.74) is 4.02. The van der Waals surface area contributed by atoms with Gasteiger partial charge in [-0.2, -0.15) is 0 Å². The molecule has 112 valence electrons. The number of pyridine rings is 2. The van der Waals surface area contributed by atoms with Crippen LogP contribution in [0.2, 0.25) is 5.02 Å². The SMILES string of the molecule is O=c1cc(-c2c[nH]c3ncccc23)cc(-c2cccc(Cl)c2)[nH]1. The zero-order valence-electron chi connectivity index (χ0n) is 12.0. The number of benzene rings is 1. The number of nitrogens with one attached hydrogen (secondary N) is 2. The van der Waals surface area contributed by atoms with E-state index < -0.39 is 0 Å². The first-order valence-corrected chi connectivity index (χ1v) is 7.51. The Morgan fingerprint density at radius 2 is 1.91 bits per heavy atom. The van der Waals surface area contributed by atoms with Gasteiger partial charge >= 0.3 is 0 Å². The van der Waals surface area contributed by atoms with Crippen LogP contribution in [0.1, 0.15) is 0 Å².